The van der Waals surface area contributed by atoms with Gasteiger partial charge in [0.2, 0.25) is 0 Å². The molecule has 1 aliphatic rings. The first-order valence-electron chi connectivity index (χ1n) is 4.68. The summed E-state index contributed by atoms with van der Waals surface area (Å²) in [5.41, 5.74) is -0.195. The Bertz CT molecular complexity index is 321. The highest BCUT2D eigenvalue weighted by atomic mass is 19.1. The summed E-state index contributed by atoms with van der Waals surface area (Å²) in [6, 6.07) is 7.40. The van der Waals surface area contributed by atoms with E-state index in [1.54, 1.807) is 6.07 Å². The molecule has 1 aromatic carbocycles. The van der Waals surface area contributed by atoms with Crippen LogP contribution in [0.2, 0.25) is 0 Å². The fourth-order valence-electron chi connectivity index (χ4n) is 1.68. The standard InChI is InChI=1S/C11H12F2O/c12-7-11(8-13)6-5-9-3-1-2-4-10(9)14-11/h1-4H,5-8H2. The minimum Gasteiger partial charge on any atom is -0.481 e. The summed E-state index contributed by atoms with van der Waals surface area (Å²) in [5, 5.41) is 0. The number of hydrogen-bond donors (Lipinski definition) is 0. The van der Waals surface area contributed by atoms with E-state index >= 15 is 0 Å². The van der Waals surface area contributed by atoms with E-state index in [1.165, 1.54) is 0 Å². The maximum absolute atomic E-state index is 12.7. The zero-order valence-corrected chi connectivity index (χ0v) is 7.80. The van der Waals surface area contributed by atoms with E-state index in [0.29, 0.717) is 18.6 Å². The largest absolute Gasteiger partial charge is 0.481 e. The molecule has 3 heteroatoms. The van der Waals surface area contributed by atoms with E-state index in [4.69, 9.17) is 4.74 Å². The van der Waals surface area contributed by atoms with Gasteiger partial charge in [0.05, 0.1) is 0 Å². The van der Waals surface area contributed by atoms with E-state index in [-0.39, 0.29) is 0 Å². The number of benzene rings is 1. The molecule has 1 nitrogen and oxygen atoms in total. The normalized spacial score (nSPS) is 18.4. The van der Waals surface area contributed by atoms with Crippen LogP contribution in [0.3, 0.4) is 0 Å². The summed E-state index contributed by atoms with van der Waals surface area (Å²) in [5.74, 6) is 0.619. The summed E-state index contributed by atoms with van der Waals surface area (Å²) < 4.78 is 30.7. The lowest BCUT2D eigenvalue weighted by molar-refractivity contribution is 0.000331. The Kier molecular flexibility index (Phi) is 2.40. The lowest BCUT2D eigenvalue weighted by Crippen LogP contribution is -2.44. The highest BCUT2D eigenvalue weighted by Gasteiger charge is 2.36. The average molecular weight is 198 g/mol. The number of rotatable bonds is 2. The molecule has 76 valence electrons. The molecule has 1 aliphatic heterocycles. The van der Waals surface area contributed by atoms with Crippen LogP contribution in [0.15, 0.2) is 24.3 Å². The van der Waals surface area contributed by atoms with Gasteiger partial charge in [-0.25, -0.2) is 8.78 Å². The molecule has 0 N–H and O–H groups in total. The molecule has 0 saturated heterocycles. The van der Waals surface area contributed by atoms with Crippen molar-refractivity contribution in [2.45, 2.75) is 18.4 Å². The zero-order chi connectivity index (χ0) is 10.0. The van der Waals surface area contributed by atoms with Crippen molar-refractivity contribution in [2.24, 2.45) is 0 Å². The molecule has 0 fully saturated rings. The van der Waals surface area contributed by atoms with Crippen molar-refractivity contribution in [1.82, 2.24) is 0 Å². The molecule has 2 rings (SSSR count). The molecule has 0 aromatic heterocycles. The first-order valence-corrected chi connectivity index (χ1v) is 4.68. The van der Waals surface area contributed by atoms with Crippen LogP contribution in [0.4, 0.5) is 8.78 Å². The minimum atomic E-state index is -1.23. The van der Waals surface area contributed by atoms with E-state index in [0.717, 1.165) is 5.56 Å². The fraction of sp³-hybridized carbons (Fsp3) is 0.455. The predicted molar refractivity (Wildman–Crippen MR) is 50.1 cm³/mol. The second kappa shape index (κ2) is 3.56. The number of hydrogen-bond acceptors (Lipinski definition) is 1. The van der Waals surface area contributed by atoms with Gasteiger partial charge in [0, 0.05) is 0 Å². The molecular formula is C11H12F2O. The first kappa shape index (κ1) is 9.44. The number of alkyl halides is 2. The fourth-order valence-corrected chi connectivity index (χ4v) is 1.68. The molecule has 0 spiro atoms. The van der Waals surface area contributed by atoms with Gasteiger partial charge in [-0.3, -0.25) is 0 Å². The molecule has 0 bridgehead atoms. The van der Waals surface area contributed by atoms with Gasteiger partial charge in [-0.15, -0.1) is 0 Å². The Morgan fingerprint density at radius 1 is 1.21 bits per heavy atom. The van der Waals surface area contributed by atoms with Crippen LogP contribution in [0.1, 0.15) is 12.0 Å². The molecule has 1 aromatic rings. The maximum Gasteiger partial charge on any atom is 0.166 e. The quantitative estimate of drug-likeness (QED) is 0.710. The number of para-hydroxylation sites is 1. The summed E-state index contributed by atoms with van der Waals surface area (Å²) in [6.45, 7) is -1.53. The molecule has 0 unspecified atom stereocenters. The minimum absolute atomic E-state index is 0.414. The Morgan fingerprint density at radius 3 is 2.64 bits per heavy atom. The van der Waals surface area contributed by atoms with Gasteiger partial charge in [0.15, 0.2) is 5.60 Å². The molecule has 0 aliphatic carbocycles. The van der Waals surface area contributed by atoms with Crippen molar-refractivity contribution >= 4 is 0 Å². The molecule has 0 atom stereocenters. The Hall–Kier alpha value is -1.12. The third kappa shape index (κ3) is 1.47. The van der Waals surface area contributed by atoms with Crippen molar-refractivity contribution in [3.05, 3.63) is 29.8 Å². The van der Waals surface area contributed by atoms with Crippen LogP contribution in [0.5, 0.6) is 5.75 Å². The Morgan fingerprint density at radius 2 is 1.93 bits per heavy atom. The maximum atomic E-state index is 12.7. The van der Waals surface area contributed by atoms with Gasteiger partial charge in [-0.2, -0.15) is 0 Å². The van der Waals surface area contributed by atoms with Crippen molar-refractivity contribution in [2.75, 3.05) is 13.3 Å². The third-order valence-electron chi connectivity index (χ3n) is 2.64. The van der Waals surface area contributed by atoms with Crippen molar-refractivity contribution in [1.29, 1.82) is 0 Å². The van der Waals surface area contributed by atoms with Crippen molar-refractivity contribution in [3.63, 3.8) is 0 Å². The van der Waals surface area contributed by atoms with E-state index in [2.05, 4.69) is 0 Å². The lowest BCUT2D eigenvalue weighted by atomic mass is 9.93. The second-order valence-corrected chi connectivity index (χ2v) is 3.66. The second-order valence-electron chi connectivity index (χ2n) is 3.66. The molecule has 0 saturated carbocycles. The lowest BCUT2D eigenvalue weighted by Gasteiger charge is -2.34. The van der Waals surface area contributed by atoms with Crippen LogP contribution in [-0.2, 0) is 6.42 Å². The summed E-state index contributed by atoms with van der Waals surface area (Å²) in [7, 11) is 0. The Labute approximate surface area is 81.7 Å². The third-order valence-corrected chi connectivity index (χ3v) is 2.64. The van der Waals surface area contributed by atoms with Gasteiger partial charge in [0.25, 0.3) is 0 Å². The SMILES string of the molecule is FCC1(CF)CCc2ccccc2O1. The monoisotopic (exact) mass is 198 g/mol. The zero-order valence-electron chi connectivity index (χ0n) is 7.80. The van der Waals surface area contributed by atoms with Crippen LogP contribution in [-0.4, -0.2) is 19.0 Å². The molecule has 14 heavy (non-hydrogen) atoms. The van der Waals surface area contributed by atoms with E-state index in [1.807, 2.05) is 18.2 Å². The number of fused-ring (bicyclic) bond motifs is 1. The highest BCUT2D eigenvalue weighted by Crippen LogP contribution is 2.33. The summed E-state index contributed by atoms with van der Waals surface area (Å²) >= 11 is 0. The number of halogens is 2. The summed E-state index contributed by atoms with van der Waals surface area (Å²) in [4.78, 5) is 0. The predicted octanol–water partition coefficient (Wildman–Crippen LogP) is 2.69. The molecule has 1 heterocycles. The van der Waals surface area contributed by atoms with Crippen molar-refractivity contribution in [3.8, 4) is 5.75 Å². The molecular weight excluding hydrogens is 186 g/mol. The van der Waals surface area contributed by atoms with Gasteiger partial charge in [-0.05, 0) is 24.5 Å². The Balaban J connectivity index is 2.28. The van der Waals surface area contributed by atoms with E-state index in [9.17, 15) is 8.78 Å². The smallest absolute Gasteiger partial charge is 0.166 e. The topological polar surface area (TPSA) is 9.23 Å². The van der Waals surface area contributed by atoms with Gasteiger partial charge < -0.3 is 4.74 Å². The first-order chi connectivity index (χ1) is 6.79. The van der Waals surface area contributed by atoms with Gasteiger partial charge in [-0.1, -0.05) is 18.2 Å². The van der Waals surface area contributed by atoms with Crippen LogP contribution < -0.4 is 4.74 Å². The summed E-state index contributed by atoms with van der Waals surface area (Å²) in [6.07, 6.45) is 1.10. The van der Waals surface area contributed by atoms with Crippen LogP contribution >= 0.6 is 0 Å². The van der Waals surface area contributed by atoms with Crippen LogP contribution in [0, 0.1) is 0 Å². The number of ether oxygens (including phenoxy) is 1. The van der Waals surface area contributed by atoms with Crippen LogP contribution in [0.25, 0.3) is 0 Å². The van der Waals surface area contributed by atoms with Gasteiger partial charge in [0.1, 0.15) is 19.1 Å². The molecule has 0 amide bonds. The van der Waals surface area contributed by atoms with E-state index < -0.39 is 19.0 Å². The van der Waals surface area contributed by atoms with Crippen molar-refractivity contribution < 1.29 is 13.5 Å². The van der Waals surface area contributed by atoms with Gasteiger partial charge >= 0.3 is 0 Å². The molecule has 0 radical (unpaired) electrons. The highest BCUT2D eigenvalue weighted by molar-refractivity contribution is 5.36. The number of aryl methyl sites for hydroxylation is 1. The average Bonchev–Trinajstić information content (AvgIpc) is 2.28.